The fraction of sp³-hybridized carbons (Fsp3) is 0.0455. The highest BCUT2D eigenvalue weighted by atomic mass is 16.1. The summed E-state index contributed by atoms with van der Waals surface area (Å²) in [7, 11) is 0. The molecular formula is C22H20N2O. The maximum Gasteiger partial charge on any atom is 0.250 e. The lowest BCUT2D eigenvalue weighted by Crippen LogP contribution is -2.12. The monoisotopic (exact) mass is 328 g/mol. The van der Waals surface area contributed by atoms with Crippen LogP contribution in [-0.2, 0) is 4.79 Å². The first kappa shape index (κ1) is 16.5. The highest BCUT2D eigenvalue weighted by molar-refractivity contribution is 6.02. The summed E-state index contributed by atoms with van der Waals surface area (Å²) in [6.45, 7) is 5.35. The van der Waals surface area contributed by atoms with E-state index in [4.69, 9.17) is 0 Å². The molecule has 0 heterocycles. The quantitative estimate of drug-likeness (QED) is 0.612. The van der Waals surface area contributed by atoms with Gasteiger partial charge in [-0.05, 0) is 55.5 Å². The second kappa shape index (κ2) is 7.49. The first-order valence-electron chi connectivity index (χ1n) is 8.12. The minimum atomic E-state index is -0.171. The molecule has 0 aliphatic rings. The van der Waals surface area contributed by atoms with Crippen molar-refractivity contribution in [1.29, 1.82) is 0 Å². The Bertz CT molecular complexity index is 816. The van der Waals surface area contributed by atoms with Crippen LogP contribution in [-0.4, -0.2) is 5.91 Å². The van der Waals surface area contributed by atoms with Crippen LogP contribution < -0.4 is 10.2 Å². The number of nitrogens with zero attached hydrogens (tertiary/aromatic N) is 1. The van der Waals surface area contributed by atoms with Crippen molar-refractivity contribution < 1.29 is 4.79 Å². The average Bonchev–Trinajstić information content (AvgIpc) is 2.65. The van der Waals surface area contributed by atoms with Crippen LogP contribution in [0.15, 0.2) is 97.1 Å². The zero-order valence-corrected chi connectivity index (χ0v) is 14.1. The molecule has 0 unspecified atom stereocenters. The van der Waals surface area contributed by atoms with E-state index in [1.165, 1.54) is 0 Å². The van der Waals surface area contributed by atoms with Crippen LogP contribution >= 0.6 is 0 Å². The number of benzene rings is 3. The van der Waals surface area contributed by atoms with E-state index in [0.717, 1.165) is 22.7 Å². The molecule has 1 N–H and O–H groups in total. The number of para-hydroxylation sites is 2. The highest BCUT2D eigenvalue weighted by Crippen LogP contribution is 2.34. The van der Waals surface area contributed by atoms with E-state index in [1.807, 2.05) is 60.7 Å². The molecule has 25 heavy (non-hydrogen) atoms. The van der Waals surface area contributed by atoms with Crippen molar-refractivity contribution in [3.63, 3.8) is 0 Å². The maximum atomic E-state index is 11.8. The Hall–Kier alpha value is -3.33. The Morgan fingerprint density at radius 2 is 1.20 bits per heavy atom. The van der Waals surface area contributed by atoms with Gasteiger partial charge in [0.05, 0.1) is 0 Å². The van der Waals surface area contributed by atoms with Crippen molar-refractivity contribution >= 4 is 28.7 Å². The normalized spacial score (nSPS) is 10.1. The molecule has 124 valence electrons. The molecule has 3 rings (SSSR count). The largest absolute Gasteiger partial charge is 0.322 e. The summed E-state index contributed by atoms with van der Waals surface area (Å²) >= 11 is 0. The van der Waals surface area contributed by atoms with E-state index in [2.05, 4.69) is 41.1 Å². The second-order valence-corrected chi connectivity index (χ2v) is 5.79. The smallest absolute Gasteiger partial charge is 0.250 e. The first-order chi connectivity index (χ1) is 12.1. The molecule has 0 aromatic heterocycles. The Balaban J connectivity index is 1.94. The van der Waals surface area contributed by atoms with Crippen LogP contribution in [0, 0.1) is 0 Å². The van der Waals surface area contributed by atoms with E-state index in [-0.39, 0.29) is 5.91 Å². The molecule has 0 saturated heterocycles. The lowest BCUT2D eigenvalue weighted by Gasteiger charge is -2.25. The van der Waals surface area contributed by atoms with Crippen LogP contribution in [0.2, 0.25) is 0 Å². The number of hydrogen-bond donors (Lipinski definition) is 1. The summed E-state index contributed by atoms with van der Waals surface area (Å²) in [4.78, 5) is 13.9. The zero-order valence-electron chi connectivity index (χ0n) is 14.1. The molecule has 0 fully saturated rings. The van der Waals surface area contributed by atoms with Gasteiger partial charge in [-0.2, -0.15) is 0 Å². The minimum Gasteiger partial charge on any atom is -0.322 e. The van der Waals surface area contributed by atoms with Gasteiger partial charge in [0.2, 0.25) is 0 Å². The summed E-state index contributed by atoms with van der Waals surface area (Å²) < 4.78 is 0. The van der Waals surface area contributed by atoms with Crippen LogP contribution in [0.5, 0.6) is 0 Å². The lowest BCUT2D eigenvalue weighted by molar-refractivity contribution is -0.112. The van der Waals surface area contributed by atoms with E-state index in [9.17, 15) is 4.79 Å². The molecule has 3 aromatic rings. The lowest BCUT2D eigenvalue weighted by atomic mass is 10.2. The van der Waals surface area contributed by atoms with E-state index in [0.29, 0.717) is 5.57 Å². The fourth-order valence-electron chi connectivity index (χ4n) is 2.53. The van der Waals surface area contributed by atoms with Crippen molar-refractivity contribution in [3.05, 3.63) is 97.1 Å². The number of anilines is 4. The summed E-state index contributed by atoms with van der Waals surface area (Å²) in [5.41, 5.74) is 4.41. The van der Waals surface area contributed by atoms with Gasteiger partial charge >= 0.3 is 0 Å². The van der Waals surface area contributed by atoms with Crippen molar-refractivity contribution in [2.24, 2.45) is 0 Å². The SMILES string of the molecule is C=C(C)C(=O)Nc1ccc(N(c2ccccc2)c2ccccc2)cc1. The van der Waals surface area contributed by atoms with Crippen molar-refractivity contribution in [2.45, 2.75) is 6.92 Å². The Morgan fingerprint density at radius 1 is 0.760 bits per heavy atom. The van der Waals surface area contributed by atoms with Gasteiger partial charge in [-0.15, -0.1) is 0 Å². The zero-order chi connectivity index (χ0) is 17.6. The minimum absolute atomic E-state index is 0.171. The topological polar surface area (TPSA) is 32.3 Å². The van der Waals surface area contributed by atoms with Gasteiger partial charge in [-0.1, -0.05) is 43.0 Å². The van der Waals surface area contributed by atoms with Crippen LogP contribution in [0.4, 0.5) is 22.7 Å². The third-order valence-corrected chi connectivity index (χ3v) is 3.80. The van der Waals surface area contributed by atoms with Gasteiger partial charge in [0.1, 0.15) is 0 Å². The molecule has 0 bridgehead atoms. The number of rotatable bonds is 5. The average molecular weight is 328 g/mol. The number of carbonyl (C=O) groups is 1. The van der Waals surface area contributed by atoms with Crippen molar-refractivity contribution in [3.8, 4) is 0 Å². The summed E-state index contributed by atoms with van der Waals surface area (Å²) in [5.74, 6) is -0.171. The van der Waals surface area contributed by atoms with Gasteiger partial charge in [0.15, 0.2) is 0 Å². The summed E-state index contributed by atoms with van der Waals surface area (Å²) in [6.07, 6.45) is 0. The second-order valence-electron chi connectivity index (χ2n) is 5.79. The molecule has 0 aliphatic heterocycles. The molecule has 0 saturated carbocycles. The summed E-state index contributed by atoms with van der Waals surface area (Å²) in [6, 6.07) is 28.2. The standard InChI is InChI=1S/C22H20N2O/c1-17(2)22(25)23-18-13-15-21(16-14-18)24(19-9-5-3-6-10-19)20-11-7-4-8-12-20/h3-16H,1H2,2H3,(H,23,25). The van der Waals surface area contributed by atoms with Crippen molar-refractivity contribution in [1.82, 2.24) is 0 Å². The maximum absolute atomic E-state index is 11.8. The molecule has 3 heteroatoms. The third kappa shape index (κ3) is 3.96. The molecule has 0 radical (unpaired) electrons. The van der Waals surface area contributed by atoms with Gasteiger partial charge < -0.3 is 10.2 Å². The number of carbonyl (C=O) groups excluding carboxylic acids is 1. The molecular weight excluding hydrogens is 308 g/mol. The third-order valence-electron chi connectivity index (χ3n) is 3.80. The van der Waals surface area contributed by atoms with E-state index in [1.54, 1.807) is 6.92 Å². The van der Waals surface area contributed by atoms with Gasteiger partial charge in [0, 0.05) is 28.3 Å². The molecule has 3 nitrogen and oxygen atoms in total. The molecule has 0 atom stereocenters. The van der Waals surface area contributed by atoms with Crippen molar-refractivity contribution in [2.75, 3.05) is 10.2 Å². The molecule has 0 spiro atoms. The Kier molecular flexibility index (Phi) is 4.95. The van der Waals surface area contributed by atoms with Gasteiger partial charge in [-0.25, -0.2) is 0 Å². The predicted octanol–water partition coefficient (Wildman–Crippen LogP) is 5.67. The molecule has 1 amide bonds. The Labute approximate surface area is 148 Å². The van der Waals surface area contributed by atoms with Crippen LogP contribution in [0.25, 0.3) is 0 Å². The highest BCUT2D eigenvalue weighted by Gasteiger charge is 2.11. The first-order valence-corrected chi connectivity index (χ1v) is 8.12. The van der Waals surface area contributed by atoms with Gasteiger partial charge in [0.25, 0.3) is 5.91 Å². The van der Waals surface area contributed by atoms with Crippen LogP contribution in [0.3, 0.4) is 0 Å². The number of nitrogens with one attached hydrogen (secondary N) is 1. The van der Waals surface area contributed by atoms with Gasteiger partial charge in [-0.3, -0.25) is 4.79 Å². The van der Waals surface area contributed by atoms with Crippen LogP contribution in [0.1, 0.15) is 6.92 Å². The summed E-state index contributed by atoms with van der Waals surface area (Å²) in [5, 5.41) is 2.83. The van der Waals surface area contributed by atoms with E-state index < -0.39 is 0 Å². The molecule has 3 aromatic carbocycles. The number of amides is 1. The molecule has 0 aliphatic carbocycles. The predicted molar refractivity (Wildman–Crippen MR) is 105 cm³/mol. The fourth-order valence-corrected chi connectivity index (χ4v) is 2.53. The number of hydrogen-bond acceptors (Lipinski definition) is 2. The van der Waals surface area contributed by atoms with E-state index >= 15 is 0 Å². The Morgan fingerprint density at radius 3 is 1.64 bits per heavy atom.